The molecule has 0 atom stereocenters. The average Bonchev–Trinajstić information content (AvgIpc) is 2.48. The van der Waals surface area contributed by atoms with Crippen LogP contribution in [0.2, 0.25) is 0 Å². The summed E-state index contributed by atoms with van der Waals surface area (Å²) in [6, 6.07) is 13.9. The minimum Gasteiger partial charge on any atom is -0.465 e. The van der Waals surface area contributed by atoms with Crippen molar-refractivity contribution in [2.45, 2.75) is 0 Å². The van der Waals surface area contributed by atoms with E-state index in [1.54, 1.807) is 42.5 Å². The average molecular weight is 267 g/mol. The molecule has 2 rings (SSSR count). The molecule has 0 unspecified atom stereocenters. The van der Waals surface area contributed by atoms with Crippen LogP contribution in [-0.2, 0) is 4.74 Å². The predicted octanol–water partition coefficient (Wildman–Crippen LogP) is 2.67. The first kappa shape index (κ1) is 13.4. The fourth-order valence-corrected chi connectivity index (χ4v) is 1.77. The van der Waals surface area contributed by atoms with Gasteiger partial charge in [-0.05, 0) is 36.4 Å². The molecule has 0 aliphatic carbocycles. The Labute approximate surface area is 116 Å². The number of carbonyl (C=O) groups is 1. The van der Waals surface area contributed by atoms with Gasteiger partial charge in [-0.25, -0.2) is 4.79 Å². The molecule has 2 aromatic carbocycles. The molecule has 0 radical (unpaired) electrons. The van der Waals surface area contributed by atoms with Gasteiger partial charge in [0, 0.05) is 11.4 Å². The van der Waals surface area contributed by atoms with E-state index in [1.807, 2.05) is 0 Å². The number of rotatable bonds is 3. The monoisotopic (exact) mass is 267 g/mol. The summed E-state index contributed by atoms with van der Waals surface area (Å²) in [5.74, 6) is -0.476. The van der Waals surface area contributed by atoms with Crippen molar-refractivity contribution in [3.8, 4) is 6.07 Å². The van der Waals surface area contributed by atoms with Gasteiger partial charge in [-0.15, -0.1) is 0 Å². The summed E-state index contributed by atoms with van der Waals surface area (Å²) in [5, 5.41) is 12.0. The van der Waals surface area contributed by atoms with E-state index in [2.05, 4.69) is 11.4 Å². The highest BCUT2D eigenvalue weighted by Gasteiger charge is 2.12. The zero-order valence-corrected chi connectivity index (χ0v) is 10.9. The molecular formula is C15H13N3O2. The predicted molar refractivity (Wildman–Crippen MR) is 76.6 cm³/mol. The molecule has 0 heterocycles. The largest absolute Gasteiger partial charge is 0.465 e. The number of carbonyl (C=O) groups excluding carboxylic acids is 1. The van der Waals surface area contributed by atoms with Crippen molar-refractivity contribution in [1.82, 2.24) is 0 Å². The Morgan fingerprint density at radius 1 is 1.30 bits per heavy atom. The van der Waals surface area contributed by atoms with Gasteiger partial charge in [0.2, 0.25) is 0 Å². The Bertz CT molecular complexity index is 690. The molecular weight excluding hydrogens is 254 g/mol. The third-order valence-electron chi connectivity index (χ3n) is 2.72. The van der Waals surface area contributed by atoms with Crippen LogP contribution in [0.1, 0.15) is 15.9 Å². The van der Waals surface area contributed by atoms with Crippen LogP contribution in [0.5, 0.6) is 0 Å². The van der Waals surface area contributed by atoms with E-state index in [4.69, 9.17) is 15.7 Å². The van der Waals surface area contributed by atoms with Crippen molar-refractivity contribution in [3.63, 3.8) is 0 Å². The van der Waals surface area contributed by atoms with Gasteiger partial charge in [0.1, 0.15) is 0 Å². The number of nitrogens with two attached hydrogens (primary N) is 1. The summed E-state index contributed by atoms with van der Waals surface area (Å²) in [7, 11) is 1.31. The summed E-state index contributed by atoms with van der Waals surface area (Å²) >= 11 is 0. The number of benzene rings is 2. The van der Waals surface area contributed by atoms with Gasteiger partial charge >= 0.3 is 5.97 Å². The second-order valence-electron chi connectivity index (χ2n) is 4.11. The number of esters is 1. The number of methoxy groups -OCH3 is 1. The smallest absolute Gasteiger partial charge is 0.340 e. The first-order valence-corrected chi connectivity index (χ1v) is 5.89. The molecule has 0 fully saturated rings. The number of nitriles is 1. The molecule has 0 aliphatic rings. The van der Waals surface area contributed by atoms with E-state index >= 15 is 0 Å². The van der Waals surface area contributed by atoms with E-state index in [1.165, 1.54) is 7.11 Å². The van der Waals surface area contributed by atoms with Crippen LogP contribution in [0.3, 0.4) is 0 Å². The highest BCUT2D eigenvalue weighted by molar-refractivity contribution is 5.97. The molecule has 0 aliphatic heterocycles. The second-order valence-corrected chi connectivity index (χ2v) is 4.11. The number of ether oxygens (including phenoxy) is 1. The van der Waals surface area contributed by atoms with E-state index < -0.39 is 5.97 Å². The Kier molecular flexibility index (Phi) is 3.87. The van der Waals surface area contributed by atoms with Crippen molar-refractivity contribution in [2.24, 2.45) is 0 Å². The molecule has 100 valence electrons. The number of nitrogen functional groups attached to an aromatic ring is 1. The van der Waals surface area contributed by atoms with E-state index in [9.17, 15) is 4.79 Å². The van der Waals surface area contributed by atoms with Crippen LogP contribution in [0.25, 0.3) is 0 Å². The Balaban J connectivity index is 2.38. The van der Waals surface area contributed by atoms with Gasteiger partial charge in [-0.1, -0.05) is 6.07 Å². The molecule has 2 aromatic rings. The van der Waals surface area contributed by atoms with Gasteiger partial charge in [0.05, 0.1) is 30.0 Å². The highest BCUT2D eigenvalue weighted by Crippen LogP contribution is 2.24. The fourth-order valence-electron chi connectivity index (χ4n) is 1.77. The number of anilines is 3. The van der Waals surface area contributed by atoms with Gasteiger partial charge in [-0.3, -0.25) is 0 Å². The Morgan fingerprint density at radius 3 is 2.80 bits per heavy atom. The topological polar surface area (TPSA) is 88.1 Å². The lowest BCUT2D eigenvalue weighted by Crippen LogP contribution is -2.06. The lowest BCUT2D eigenvalue weighted by atomic mass is 10.1. The number of nitrogens with zero attached hydrogens (tertiary/aromatic N) is 1. The summed E-state index contributed by atoms with van der Waals surface area (Å²) in [4.78, 5) is 11.7. The third-order valence-corrected chi connectivity index (χ3v) is 2.72. The van der Waals surface area contributed by atoms with Crippen LogP contribution < -0.4 is 11.1 Å². The second kappa shape index (κ2) is 5.76. The summed E-state index contributed by atoms with van der Waals surface area (Å²) in [6.07, 6.45) is 0. The summed E-state index contributed by atoms with van der Waals surface area (Å²) in [5.41, 5.74) is 8.31. The molecule has 0 spiro atoms. The molecule has 0 saturated carbocycles. The molecule has 5 heteroatoms. The quantitative estimate of drug-likeness (QED) is 0.659. The number of hydrogen-bond donors (Lipinski definition) is 2. The fraction of sp³-hybridized carbons (Fsp3) is 0.0667. The first-order chi connectivity index (χ1) is 9.63. The van der Waals surface area contributed by atoms with Crippen molar-refractivity contribution in [1.29, 1.82) is 5.26 Å². The molecule has 0 bridgehead atoms. The van der Waals surface area contributed by atoms with E-state index in [0.717, 1.165) is 0 Å². The van der Waals surface area contributed by atoms with Crippen molar-refractivity contribution in [3.05, 3.63) is 53.6 Å². The standard InChI is InChI=1S/C15H13N3O2/c1-20-15(19)13-8-11(17)5-6-14(13)18-12-4-2-3-10(7-12)9-16/h2-8,18H,17H2,1H3. The third kappa shape index (κ3) is 2.87. The van der Waals surface area contributed by atoms with Crippen LogP contribution in [0.15, 0.2) is 42.5 Å². The number of nitrogens with one attached hydrogen (secondary N) is 1. The minimum absolute atomic E-state index is 0.342. The van der Waals surface area contributed by atoms with Crippen LogP contribution in [0, 0.1) is 11.3 Å². The molecule has 0 saturated heterocycles. The van der Waals surface area contributed by atoms with Crippen LogP contribution >= 0.6 is 0 Å². The van der Waals surface area contributed by atoms with Gasteiger partial charge in [-0.2, -0.15) is 5.26 Å². The highest BCUT2D eigenvalue weighted by atomic mass is 16.5. The van der Waals surface area contributed by atoms with Gasteiger partial charge in [0.25, 0.3) is 0 Å². The van der Waals surface area contributed by atoms with Crippen molar-refractivity contribution in [2.75, 3.05) is 18.2 Å². The maximum absolute atomic E-state index is 11.7. The molecule has 5 nitrogen and oxygen atoms in total. The first-order valence-electron chi connectivity index (χ1n) is 5.89. The molecule has 20 heavy (non-hydrogen) atoms. The molecule has 3 N–H and O–H groups in total. The van der Waals surface area contributed by atoms with Crippen molar-refractivity contribution < 1.29 is 9.53 Å². The summed E-state index contributed by atoms with van der Waals surface area (Å²) < 4.78 is 4.73. The van der Waals surface area contributed by atoms with Gasteiger partial charge < -0.3 is 15.8 Å². The normalized spacial score (nSPS) is 9.60. The van der Waals surface area contributed by atoms with E-state index in [-0.39, 0.29) is 0 Å². The van der Waals surface area contributed by atoms with Crippen LogP contribution in [0.4, 0.5) is 17.1 Å². The molecule has 0 aromatic heterocycles. The maximum atomic E-state index is 11.7. The Morgan fingerprint density at radius 2 is 2.10 bits per heavy atom. The number of hydrogen-bond acceptors (Lipinski definition) is 5. The maximum Gasteiger partial charge on any atom is 0.340 e. The van der Waals surface area contributed by atoms with E-state index in [0.29, 0.717) is 28.2 Å². The molecule has 0 amide bonds. The summed E-state index contributed by atoms with van der Waals surface area (Å²) in [6.45, 7) is 0. The SMILES string of the molecule is COC(=O)c1cc(N)ccc1Nc1cccc(C#N)c1. The lowest BCUT2D eigenvalue weighted by Gasteiger charge is -2.11. The minimum atomic E-state index is -0.476. The zero-order chi connectivity index (χ0) is 14.5. The van der Waals surface area contributed by atoms with Crippen LogP contribution in [-0.4, -0.2) is 13.1 Å². The lowest BCUT2D eigenvalue weighted by molar-refractivity contribution is 0.0602. The Hall–Kier alpha value is -3.00. The van der Waals surface area contributed by atoms with Gasteiger partial charge in [0.15, 0.2) is 0 Å². The zero-order valence-electron chi connectivity index (χ0n) is 10.9. The van der Waals surface area contributed by atoms with Crippen molar-refractivity contribution >= 4 is 23.0 Å².